The smallest absolute Gasteiger partial charge is 0.142 e. The molecule has 0 spiro atoms. The number of hydrogen-bond donors (Lipinski definition) is 1. The van der Waals surface area contributed by atoms with E-state index in [2.05, 4.69) is 53.1 Å². The van der Waals surface area contributed by atoms with E-state index in [-0.39, 0.29) is 0 Å². The van der Waals surface area contributed by atoms with E-state index >= 15 is 0 Å². The molecule has 0 amide bonds. The lowest BCUT2D eigenvalue weighted by Gasteiger charge is -2.44. The van der Waals surface area contributed by atoms with Gasteiger partial charge in [0.25, 0.3) is 0 Å². The molecule has 1 N–H and O–H groups in total. The van der Waals surface area contributed by atoms with Gasteiger partial charge in [0, 0.05) is 45.1 Å². The fourth-order valence-electron chi connectivity index (χ4n) is 5.30. The minimum atomic E-state index is -0.579. The first-order chi connectivity index (χ1) is 14.6. The Bertz CT molecular complexity index is 831. The quantitative estimate of drug-likeness (QED) is 0.774. The van der Waals surface area contributed by atoms with Gasteiger partial charge in [-0.05, 0) is 43.0 Å². The van der Waals surface area contributed by atoms with Crippen LogP contribution in [-0.4, -0.2) is 55.4 Å². The summed E-state index contributed by atoms with van der Waals surface area (Å²) in [5, 5.41) is 11.7. The van der Waals surface area contributed by atoms with Gasteiger partial charge in [0.1, 0.15) is 5.75 Å². The molecule has 162 valence electrons. The Morgan fingerprint density at radius 1 is 1.00 bits per heavy atom. The third-order valence-corrected chi connectivity index (χ3v) is 7.21. The highest BCUT2D eigenvalue weighted by atomic mass is 16.5. The summed E-state index contributed by atoms with van der Waals surface area (Å²) in [5.41, 5.74) is 3.20. The van der Waals surface area contributed by atoms with Gasteiger partial charge < -0.3 is 14.7 Å². The van der Waals surface area contributed by atoms with Crippen molar-refractivity contribution in [2.75, 3.05) is 44.7 Å². The number of anilines is 1. The van der Waals surface area contributed by atoms with Gasteiger partial charge in [0.15, 0.2) is 0 Å². The second kappa shape index (κ2) is 9.40. The topological polar surface area (TPSA) is 35.9 Å². The standard InChI is InChI=1S/C26H36N2O2/c1-21-9-3-4-10-22(21)19-26(29)14-8-7-11-23(26)20-27-15-17-28(18-16-27)24-12-5-6-13-25(24)30-2/h3-6,9-10,12-13,23,29H,7-8,11,14-20H2,1-2H3. The van der Waals surface area contributed by atoms with Crippen molar-refractivity contribution >= 4 is 5.69 Å². The predicted molar refractivity (Wildman–Crippen MR) is 123 cm³/mol. The summed E-state index contributed by atoms with van der Waals surface area (Å²) in [6.07, 6.45) is 5.22. The van der Waals surface area contributed by atoms with E-state index in [1.54, 1.807) is 7.11 Å². The molecule has 1 saturated carbocycles. The number of rotatable bonds is 6. The number of ether oxygens (including phenoxy) is 1. The number of aryl methyl sites for hydroxylation is 1. The van der Waals surface area contributed by atoms with Crippen LogP contribution in [0.3, 0.4) is 0 Å². The molecule has 4 heteroatoms. The predicted octanol–water partition coefficient (Wildman–Crippen LogP) is 4.29. The average molecular weight is 409 g/mol. The van der Waals surface area contributed by atoms with E-state index in [1.165, 1.54) is 23.2 Å². The molecule has 1 heterocycles. The average Bonchev–Trinajstić information content (AvgIpc) is 2.77. The van der Waals surface area contributed by atoms with Crippen molar-refractivity contribution in [1.29, 1.82) is 0 Å². The molecule has 0 bridgehead atoms. The Labute approximate surface area is 181 Å². The van der Waals surface area contributed by atoms with Crippen LogP contribution in [-0.2, 0) is 6.42 Å². The number of para-hydroxylation sites is 2. The summed E-state index contributed by atoms with van der Waals surface area (Å²) in [4.78, 5) is 4.99. The first kappa shape index (κ1) is 21.2. The molecule has 1 aliphatic carbocycles. The van der Waals surface area contributed by atoms with Crippen molar-refractivity contribution in [2.45, 2.75) is 44.6 Å². The first-order valence-electron chi connectivity index (χ1n) is 11.5. The molecule has 1 saturated heterocycles. The molecular formula is C26H36N2O2. The minimum Gasteiger partial charge on any atom is -0.495 e. The molecule has 2 unspecified atom stereocenters. The maximum absolute atomic E-state index is 11.7. The number of piperazine rings is 1. The van der Waals surface area contributed by atoms with Crippen molar-refractivity contribution in [1.82, 2.24) is 4.90 Å². The maximum atomic E-state index is 11.7. The number of nitrogens with zero attached hydrogens (tertiary/aromatic N) is 2. The molecule has 4 rings (SSSR count). The van der Waals surface area contributed by atoms with E-state index in [9.17, 15) is 5.11 Å². The molecule has 1 aliphatic heterocycles. The van der Waals surface area contributed by atoms with Crippen molar-refractivity contribution in [3.63, 3.8) is 0 Å². The zero-order chi connectivity index (χ0) is 21.0. The molecule has 2 aromatic carbocycles. The van der Waals surface area contributed by atoms with Crippen LogP contribution in [0.4, 0.5) is 5.69 Å². The van der Waals surface area contributed by atoms with E-state index in [0.29, 0.717) is 5.92 Å². The third kappa shape index (κ3) is 4.65. The fourth-order valence-corrected chi connectivity index (χ4v) is 5.30. The van der Waals surface area contributed by atoms with Gasteiger partial charge in [0.2, 0.25) is 0 Å². The maximum Gasteiger partial charge on any atom is 0.142 e. The van der Waals surface area contributed by atoms with Crippen LogP contribution in [0.5, 0.6) is 5.75 Å². The zero-order valence-corrected chi connectivity index (χ0v) is 18.5. The lowest BCUT2D eigenvalue weighted by Crippen LogP contribution is -2.53. The lowest BCUT2D eigenvalue weighted by molar-refractivity contribution is -0.0596. The molecular weight excluding hydrogens is 372 g/mol. The molecule has 2 atom stereocenters. The Hall–Kier alpha value is -2.04. The number of hydrogen-bond acceptors (Lipinski definition) is 4. The van der Waals surface area contributed by atoms with E-state index in [4.69, 9.17) is 4.74 Å². The first-order valence-corrected chi connectivity index (χ1v) is 11.5. The molecule has 0 radical (unpaired) electrons. The summed E-state index contributed by atoms with van der Waals surface area (Å²) in [5.74, 6) is 1.30. The Balaban J connectivity index is 1.39. The van der Waals surface area contributed by atoms with Crippen molar-refractivity contribution < 1.29 is 9.84 Å². The number of aliphatic hydroxyl groups is 1. The molecule has 4 nitrogen and oxygen atoms in total. The van der Waals surface area contributed by atoms with Crippen LogP contribution >= 0.6 is 0 Å². The fraction of sp³-hybridized carbons (Fsp3) is 0.538. The lowest BCUT2D eigenvalue weighted by atomic mass is 9.71. The molecule has 30 heavy (non-hydrogen) atoms. The van der Waals surface area contributed by atoms with Gasteiger partial charge in [0.05, 0.1) is 18.4 Å². The number of methoxy groups -OCH3 is 1. The van der Waals surface area contributed by atoms with Gasteiger partial charge in [-0.1, -0.05) is 49.2 Å². The van der Waals surface area contributed by atoms with Gasteiger partial charge in [-0.3, -0.25) is 4.90 Å². The van der Waals surface area contributed by atoms with Crippen LogP contribution in [0.1, 0.15) is 36.8 Å². The van der Waals surface area contributed by atoms with Gasteiger partial charge >= 0.3 is 0 Å². The van der Waals surface area contributed by atoms with E-state index < -0.39 is 5.60 Å². The van der Waals surface area contributed by atoms with Crippen molar-refractivity contribution in [3.05, 3.63) is 59.7 Å². The largest absolute Gasteiger partial charge is 0.495 e. The van der Waals surface area contributed by atoms with Gasteiger partial charge in [-0.2, -0.15) is 0 Å². The second-order valence-corrected chi connectivity index (χ2v) is 9.11. The van der Waals surface area contributed by atoms with Gasteiger partial charge in [-0.15, -0.1) is 0 Å². The molecule has 2 aromatic rings. The van der Waals surface area contributed by atoms with E-state index in [0.717, 1.165) is 64.2 Å². The Morgan fingerprint density at radius 2 is 1.73 bits per heavy atom. The summed E-state index contributed by atoms with van der Waals surface area (Å²) in [6, 6.07) is 16.8. The Kier molecular flexibility index (Phi) is 6.64. The summed E-state index contributed by atoms with van der Waals surface area (Å²) >= 11 is 0. The normalized spacial score (nSPS) is 25.3. The monoisotopic (exact) mass is 408 g/mol. The van der Waals surface area contributed by atoms with Crippen LogP contribution in [0, 0.1) is 12.8 Å². The second-order valence-electron chi connectivity index (χ2n) is 9.11. The van der Waals surface area contributed by atoms with Crippen molar-refractivity contribution in [2.24, 2.45) is 5.92 Å². The highest BCUT2D eigenvalue weighted by molar-refractivity contribution is 5.58. The minimum absolute atomic E-state index is 0.351. The van der Waals surface area contributed by atoms with Crippen LogP contribution in [0.2, 0.25) is 0 Å². The summed E-state index contributed by atoms with van der Waals surface area (Å²) in [7, 11) is 1.74. The summed E-state index contributed by atoms with van der Waals surface area (Å²) in [6.45, 7) is 7.24. The molecule has 2 aliphatic rings. The molecule has 0 aromatic heterocycles. The highest BCUT2D eigenvalue weighted by Crippen LogP contribution is 2.38. The molecule has 2 fully saturated rings. The highest BCUT2D eigenvalue weighted by Gasteiger charge is 2.40. The zero-order valence-electron chi connectivity index (χ0n) is 18.5. The summed E-state index contributed by atoms with van der Waals surface area (Å²) < 4.78 is 5.55. The van der Waals surface area contributed by atoms with Crippen LogP contribution in [0.25, 0.3) is 0 Å². The Morgan fingerprint density at radius 3 is 2.50 bits per heavy atom. The van der Waals surface area contributed by atoms with Crippen LogP contribution in [0.15, 0.2) is 48.5 Å². The van der Waals surface area contributed by atoms with E-state index in [1.807, 2.05) is 12.1 Å². The van der Waals surface area contributed by atoms with Crippen LogP contribution < -0.4 is 9.64 Å². The number of benzene rings is 2. The third-order valence-electron chi connectivity index (χ3n) is 7.21. The SMILES string of the molecule is COc1ccccc1N1CCN(CC2CCCCC2(O)Cc2ccccc2C)CC1. The van der Waals surface area contributed by atoms with Crippen molar-refractivity contribution in [3.8, 4) is 5.75 Å². The van der Waals surface area contributed by atoms with Gasteiger partial charge in [-0.25, -0.2) is 0 Å².